The molecule has 1 aliphatic heterocycles. The quantitative estimate of drug-likeness (QED) is 0.561. The van der Waals surface area contributed by atoms with Crippen LogP contribution >= 0.6 is 11.6 Å². The van der Waals surface area contributed by atoms with Crippen molar-refractivity contribution in [2.75, 3.05) is 18.4 Å². The SMILES string of the molecule is Fc1cc(F)cc(Oc2ccc(CNc3c(Cl)ccc4c3CCNCC4)cc2)c1. The summed E-state index contributed by atoms with van der Waals surface area (Å²) in [6, 6.07) is 14.5. The molecule has 0 spiro atoms. The molecule has 2 N–H and O–H groups in total. The molecular formula is C23H21ClF2N2O. The molecule has 1 heterocycles. The third kappa shape index (κ3) is 4.86. The number of hydrogen-bond donors (Lipinski definition) is 2. The van der Waals surface area contributed by atoms with Crippen molar-refractivity contribution >= 4 is 17.3 Å². The molecule has 0 radical (unpaired) electrons. The van der Waals surface area contributed by atoms with Gasteiger partial charge in [-0.3, -0.25) is 0 Å². The van der Waals surface area contributed by atoms with Gasteiger partial charge in [0.25, 0.3) is 0 Å². The Labute approximate surface area is 173 Å². The van der Waals surface area contributed by atoms with E-state index >= 15 is 0 Å². The first-order valence-electron chi connectivity index (χ1n) is 9.56. The van der Waals surface area contributed by atoms with Gasteiger partial charge >= 0.3 is 0 Å². The van der Waals surface area contributed by atoms with Gasteiger partial charge in [0.15, 0.2) is 0 Å². The molecular weight excluding hydrogens is 394 g/mol. The number of hydrogen-bond acceptors (Lipinski definition) is 3. The van der Waals surface area contributed by atoms with Gasteiger partial charge in [-0.05, 0) is 60.8 Å². The van der Waals surface area contributed by atoms with Crippen LogP contribution in [-0.4, -0.2) is 13.1 Å². The van der Waals surface area contributed by atoms with Gasteiger partial charge in [-0.1, -0.05) is 29.8 Å². The lowest BCUT2D eigenvalue weighted by Gasteiger charge is -2.16. The summed E-state index contributed by atoms with van der Waals surface area (Å²) < 4.78 is 32.1. The van der Waals surface area contributed by atoms with Crippen molar-refractivity contribution in [3.8, 4) is 11.5 Å². The summed E-state index contributed by atoms with van der Waals surface area (Å²) in [5.74, 6) is -0.707. The Balaban J connectivity index is 1.45. The monoisotopic (exact) mass is 414 g/mol. The highest BCUT2D eigenvalue weighted by Gasteiger charge is 2.14. The van der Waals surface area contributed by atoms with Crippen LogP contribution in [0, 0.1) is 11.6 Å². The van der Waals surface area contributed by atoms with E-state index in [1.165, 1.54) is 11.1 Å². The molecule has 0 atom stereocenters. The Hall–Kier alpha value is -2.63. The van der Waals surface area contributed by atoms with E-state index in [4.69, 9.17) is 16.3 Å². The van der Waals surface area contributed by atoms with E-state index in [1.54, 1.807) is 12.1 Å². The number of benzene rings is 3. The molecule has 0 saturated heterocycles. The van der Waals surface area contributed by atoms with Gasteiger partial charge in [-0.2, -0.15) is 0 Å². The van der Waals surface area contributed by atoms with Crippen LogP contribution in [0.4, 0.5) is 14.5 Å². The smallest absolute Gasteiger partial charge is 0.133 e. The highest BCUT2D eigenvalue weighted by atomic mass is 35.5. The van der Waals surface area contributed by atoms with Crippen LogP contribution in [0.1, 0.15) is 16.7 Å². The largest absolute Gasteiger partial charge is 0.457 e. The second-order valence-corrected chi connectivity index (χ2v) is 7.42. The molecule has 0 unspecified atom stereocenters. The fourth-order valence-corrected chi connectivity index (χ4v) is 3.77. The topological polar surface area (TPSA) is 33.3 Å². The number of fused-ring (bicyclic) bond motifs is 1. The minimum Gasteiger partial charge on any atom is -0.457 e. The van der Waals surface area contributed by atoms with Gasteiger partial charge in [-0.25, -0.2) is 8.78 Å². The normalized spacial score (nSPS) is 13.5. The molecule has 0 amide bonds. The Morgan fingerprint density at radius 3 is 2.38 bits per heavy atom. The number of rotatable bonds is 5. The number of nitrogens with one attached hydrogen (secondary N) is 2. The standard InChI is InChI=1S/C23H21ClF2N2O/c24-22-6-3-16-7-9-27-10-8-21(16)23(22)28-14-15-1-4-19(5-2-15)29-20-12-17(25)11-18(26)13-20/h1-6,11-13,27-28H,7-10,14H2. The van der Waals surface area contributed by atoms with E-state index in [0.29, 0.717) is 12.3 Å². The number of anilines is 1. The summed E-state index contributed by atoms with van der Waals surface area (Å²) in [5, 5.41) is 7.61. The van der Waals surface area contributed by atoms with Gasteiger partial charge in [0.2, 0.25) is 0 Å². The molecule has 150 valence electrons. The van der Waals surface area contributed by atoms with Crippen LogP contribution < -0.4 is 15.4 Å². The number of ether oxygens (including phenoxy) is 1. The van der Waals surface area contributed by atoms with Crippen LogP contribution in [0.15, 0.2) is 54.6 Å². The van der Waals surface area contributed by atoms with Gasteiger partial charge in [0, 0.05) is 24.7 Å². The number of halogens is 3. The van der Waals surface area contributed by atoms with Crippen molar-refractivity contribution in [3.05, 3.63) is 87.9 Å². The van der Waals surface area contributed by atoms with E-state index in [0.717, 1.165) is 60.4 Å². The average molecular weight is 415 g/mol. The van der Waals surface area contributed by atoms with E-state index in [2.05, 4.69) is 16.7 Å². The van der Waals surface area contributed by atoms with Gasteiger partial charge in [0.05, 0.1) is 10.7 Å². The lowest BCUT2D eigenvalue weighted by atomic mass is 10.0. The van der Waals surface area contributed by atoms with Crippen molar-refractivity contribution in [3.63, 3.8) is 0 Å². The van der Waals surface area contributed by atoms with Crippen molar-refractivity contribution in [1.82, 2.24) is 5.32 Å². The summed E-state index contributed by atoms with van der Waals surface area (Å²) in [4.78, 5) is 0. The zero-order valence-corrected chi connectivity index (χ0v) is 16.5. The molecule has 6 heteroatoms. The molecule has 4 rings (SSSR count). The maximum atomic E-state index is 13.3. The summed E-state index contributed by atoms with van der Waals surface area (Å²) in [5.41, 5.74) is 4.63. The highest BCUT2D eigenvalue weighted by molar-refractivity contribution is 6.33. The van der Waals surface area contributed by atoms with E-state index in [1.807, 2.05) is 18.2 Å². The fraction of sp³-hybridized carbons (Fsp3) is 0.217. The minimum atomic E-state index is -0.671. The zero-order chi connectivity index (χ0) is 20.2. The second-order valence-electron chi connectivity index (χ2n) is 7.01. The summed E-state index contributed by atoms with van der Waals surface area (Å²) >= 11 is 6.46. The highest BCUT2D eigenvalue weighted by Crippen LogP contribution is 2.31. The first-order chi connectivity index (χ1) is 14.1. The molecule has 3 aromatic rings. The second kappa shape index (κ2) is 8.80. The first kappa shape index (κ1) is 19.7. The van der Waals surface area contributed by atoms with Crippen molar-refractivity contribution < 1.29 is 13.5 Å². The average Bonchev–Trinajstić information content (AvgIpc) is 2.93. The Bertz CT molecular complexity index is 988. The molecule has 0 saturated carbocycles. The van der Waals surface area contributed by atoms with E-state index in [9.17, 15) is 8.78 Å². The molecule has 3 aromatic carbocycles. The van der Waals surface area contributed by atoms with E-state index < -0.39 is 11.6 Å². The zero-order valence-electron chi connectivity index (χ0n) is 15.8. The van der Waals surface area contributed by atoms with Gasteiger partial charge in [-0.15, -0.1) is 0 Å². The van der Waals surface area contributed by atoms with Crippen molar-refractivity contribution in [2.45, 2.75) is 19.4 Å². The molecule has 0 bridgehead atoms. The van der Waals surface area contributed by atoms with Crippen LogP contribution in [0.3, 0.4) is 0 Å². The molecule has 29 heavy (non-hydrogen) atoms. The van der Waals surface area contributed by atoms with Crippen LogP contribution in [0.2, 0.25) is 5.02 Å². The van der Waals surface area contributed by atoms with Gasteiger partial charge in [0.1, 0.15) is 23.1 Å². The van der Waals surface area contributed by atoms with Gasteiger partial charge < -0.3 is 15.4 Å². The predicted molar refractivity (Wildman–Crippen MR) is 112 cm³/mol. The molecule has 0 aliphatic carbocycles. The minimum absolute atomic E-state index is 0.126. The Morgan fingerprint density at radius 2 is 1.62 bits per heavy atom. The van der Waals surface area contributed by atoms with E-state index in [-0.39, 0.29) is 5.75 Å². The molecule has 0 fully saturated rings. The summed E-state index contributed by atoms with van der Waals surface area (Å²) in [6.45, 7) is 2.53. The maximum absolute atomic E-state index is 13.3. The Morgan fingerprint density at radius 1 is 0.897 bits per heavy atom. The Kier molecular flexibility index (Phi) is 5.97. The van der Waals surface area contributed by atoms with Crippen molar-refractivity contribution in [2.24, 2.45) is 0 Å². The predicted octanol–water partition coefficient (Wildman–Crippen LogP) is 5.71. The summed E-state index contributed by atoms with van der Waals surface area (Å²) in [6.07, 6.45) is 1.93. The summed E-state index contributed by atoms with van der Waals surface area (Å²) in [7, 11) is 0. The third-order valence-electron chi connectivity index (χ3n) is 4.95. The molecule has 3 nitrogen and oxygen atoms in total. The third-order valence-corrected chi connectivity index (χ3v) is 5.26. The van der Waals surface area contributed by atoms with Crippen LogP contribution in [0.5, 0.6) is 11.5 Å². The molecule has 1 aliphatic rings. The fourth-order valence-electron chi connectivity index (χ4n) is 3.52. The lowest BCUT2D eigenvalue weighted by Crippen LogP contribution is -2.16. The van der Waals surface area contributed by atoms with Crippen LogP contribution in [0.25, 0.3) is 0 Å². The van der Waals surface area contributed by atoms with Crippen molar-refractivity contribution in [1.29, 1.82) is 0 Å². The van der Waals surface area contributed by atoms with Crippen LogP contribution in [-0.2, 0) is 19.4 Å². The maximum Gasteiger partial charge on any atom is 0.133 e. The first-order valence-corrected chi connectivity index (χ1v) is 9.94. The molecule has 0 aromatic heterocycles. The lowest BCUT2D eigenvalue weighted by molar-refractivity contribution is 0.468.